The van der Waals surface area contributed by atoms with Crippen LogP contribution in [0, 0.1) is 10.8 Å². The van der Waals surface area contributed by atoms with Crippen LogP contribution in [0.5, 0.6) is 23.0 Å². The third-order valence-corrected chi connectivity index (χ3v) is 5.38. The lowest BCUT2D eigenvalue weighted by Gasteiger charge is -2.22. The van der Waals surface area contributed by atoms with Gasteiger partial charge >= 0.3 is 11.9 Å². The van der Waals surface area contributed by atoms with E-state index in [1.54, 1.807) is 24.3 Å². The number of carbonyl (C=O) groups excluding carboxylic acids is 2. The lowest BCUT2D eigenvalue weighted by Crippen LogP contribution is -2.28. The Bertz CT molecular complexity index is 919. The third kappa shape index (κ3) is 9.86. The van der Waals surface area contributed by atoms with Gasteiger partial charge in [0.1, 0.15) is 28.6 Å². The molecule has 0 aliphatic heterocycles. The van der Waals surface area contributed by atoms with Crippen molar-refractivity contribution >= 4 is 11.9 Å². The maximum absolute atomic E-state index is 11.9. The van der Waals surface area contributed by atoms with E-state index in [1.165, 1.54) is 12.1 Å². The first kappa shape index (κ1) is 29.0. The number of benzene rings is 2. The number of carbonyl (C=O) groups is 2. The van der Waals surface area contributed by atoms with E-state index in [1.807, 2.05) is 74.4 Å². The summed E-state index contributed by atoms with van der Waals surface area (Å²) in [6.45, 7) is 17.3. The number of hydrogen-bond acceptors (Lipinski definition) is 6. The molecular weight excluding hydrogens is 432 g/mol. The fourth-order valence-corrected chi connectivity index (χ4v) is 2.22. The van der Waals surface area contributed by atoms with E-state index in [9.17, 15) is 9.59 Å². The molecule has 0 unspecified atom stereocenters. The highest BCUT2D eigenvalue weighted by Gasteiger charge is 2.28. The van der Waals surface area contributed by atoms with Crippen LogP contribution in [0.4, 0.5) is 0 Å². The summed E-state index contributed by atoms with van der Waals surface area (Å²) in [6, 6.07) is 13.2. The molecule has 0 atom stereocenters. The standard InChI is InChI=1S/C16H24O3.C12H16O3/c1-7-16(5,6)14(17)18-12-8-10-13(11-9-12)19-15(2,3)4;1-4-12(2,3)11(14)15-10-7-5-9(13)6-8-10/h8-11H,7H2,1-6H3;5-8,13H,4H2,1-3H3. The molecule has 0 bridgehead atoms. The van der Waals surface area contributed by atoms with Gasteiger partial charge in [-0.2, -0.15) is 0 Å². The van der Waals surface area contributed by atoms with Gasteiger partial charge in [0, 0.05) is 0 Å². The molecule has 0 fully saturated rings. The van der Waals surface area contributed by atoms with Crippen LogP contribution in [-0.4, -0.2) is 22.6 Å². The Morgan fingerprint density at radius 2 is 0.971 bits per heavy atom. The maximum atomic E-state index is 11.9. The maximum Gasteiger partial charge on any atom is 0.316 e. The van der Waals surface area contributed by atoms with E-state index in [-0.39, 0.29) is 23.3 Å². The molecule has 188 valence electrons. The fraction of sp³-hybridized carbons (Fsp3) is 0.500. The van der Waals surface area contributed by atoms with Crippen LogP contribution >= 0.6 is 0 Å². The molecule has 0 aliphatic carbocycles. The molecule has 0 radical (unpaired) electrons. The minimum atomic E-state index is -0.474. The quantitative estimate of drug-likeness (QED) is 0.347. The zero-order valence-corrected chi connectivity index (χ0v) is 22.0. The monoisotopic (exact) mass is 472 g/mol. The number of esters is 2. The number of phenolic OH excluding ortho intramolecular Hbond substituents is 1. The number of phenols is 1. The first-order valence-corrected chi connectivity index (χ1v) is 11.6. The Labute approximate surface area is 204 Å². The molecule has 2 aromatic rings. The van der Waals surface area contributed by atoms with Crippen molar-refractivity contribution in [1.29, 1.82) is 0 Å². The van der Waals surface area contributed by atoms with Gasteiger partial charge in [-0.1, -0.05) is 13.8 Å². The van der Waals surface area contributed by atoms with E-state index < -0.39 is 10.8 Å². The zero-order chi connectivity index (χ0) is 26.2. The van der Waals surface area contributed by atoms with Crippen molar-refractivity contribution in [2.45, 2.75) is 80.8 Å². The molecule has 6 nitrogen and oxygen atoms in total. The van der Waals surface area contributed by atoms with Gasteiger partial charge in [-0.15, -0.1) is 0 Å². The van der Waals surface area contributed by atoms with E-state index in [0.29, 0.717) is 11.5 Å². The predicted octanol–water partition coefficient (Wildman–Crippen LogP) is 6.94. The number of hydrogen-bond donors (Lipinski definition) is 1. The molecule has 0 saturated heterocycles. The van der Waals surface area contributed by atoms with Crippen molar-refractivity contribution in [2.75, 3.05) is 0 Å². The van der Waals surface area contributed by atoms with Gasteiger partial charge in [-0.05, 0) is 110 Å². The van der Waals surface area contributed by atoms with E-state index in [4.69, 9.17) is 19.3 Å². The SMILES string of the molecule is CCC(C)(C)C(=O)Oc1ccc(O)cc1.CCC(C)(C)C(=O)Oc1ccc(OC(C)(C)C)cc1. The molecule has 1 N–H and O–H groups in total. The average molecular weight is 473 g/mol. The molecule has 0 aromatic heterocycles. The minimum absolute atomic E-state index is 0.157. The number of aromatic hydroxyl groups is 1. The Morgan fingerprint density at radius 1 is 0.647 bits per heavy atom. The second kappa shape index (κ2) is 11.9. The van der Waals surface area contributed by atoms with E-state index in [0.717, 1.165) is 18.6 Å². The van der Waals surface area contributed by atoms with Crippen molar-refractivity contribution in [2.24, 2.45) is 10.8 Å². The molecule has 34 heavy (non-hydrogen) atoms. The minimum Gasteiger partial charge on any atom is -0.508 e. The Hall–Kier alpha value is -3.02. The lowest BCUT2D eigenvalue weighted by atomic mass is 9.91. The van der Waals surface area contributed by atoms with Crippen LogP contribution < -0.4 is 14.2 Å². The summed E-state index contributed by atoms with van der Waals surface area (Å²) in [5.74, 6) is 1.47. The average Bonchev–Trinajstić information content (AvgIpc) is 2.76. The largest absolute Gasteiger partial charge is 0.508 e. The summed E-state index contributed by atoms with van der Waals surface area (Å²) in [5, 5.41) is 9.06. The highest BCUT2D eigenvalue weighted by atomic mass is 16.5. The summed E-state index contributed by atoms with van der Waals surface area (Å²) in [5.41, 5.74) is -1.17. The van der Waals surface area contributed by atoms with Crippen LogP contribution in [-0.2, 0) is 9.59 Å². The zero-order valence-electron chi connectivity index (χ0n) is 22.0. The first-order chi connectivity index (χ1) is 15.6. The smallest absolute Gasteiger partial charge is 0.316 e. The van der Waals surface area contributed by atoms with Crippen LogP contribution in [0.25, 0.3) is 0 Å². The van der Waals surface area contributed by atoms with Crippen molar-refractivity contribution in [3.8, 4) is 23.0 Å². The molecule has 2 aromatic carbocycles. The van der Waals surface area contributed by atoms with Gasteiger partial charge in [0.25, 0.3) is 0 Å². The van der Waals surface area contributed by atoms with Crippen LogP contribution in [0.1, 0.15) is 75.2 Å². The van der Waals surface area contributed by atoms with Crippen molar-refractivity contribution in [3.05, 3.63) is 48.5 Å². The van der Waals surface area contributed by atoms with Crippen molar-refractivity contribution < 1.29 is 28.9 Å². The van der Waals surface area contributed by atoms with Crippen molar-refractivity contribution in [1.82, 2.24) is 0 Å². The Kier molecular flexibility index (Phi) is 10.2. The second-order valence-electron chi connectivity index (χ2n) is 10.4. The molecule has 0 aliphatic rings. The summed E-state index contributed by atoms with van der Waals surface area (Å²) in [4.78, 5) is 23.6. The van der Waals surface area contributed by atoms with Gasteiger partial charge in [-0.25, -0.2) is 0 Å². The fourth-order valence-electron chi connectivity index (χ4n) is 2.22. The predicted molar refractivity (Wildman–Crippen MR) is 134 cm³/mol. The van der Waals surface area contributed by atoms with Crippen LogP contribution in [0.15, 0.2) is 48.5 Å². The van der Waals surface area contributed by atoms with E-state index >= 15 is 0 Å². The molecule has 6 heteroatoms. The van der Waals surface area contributed by atoms with Gasteiger partial charge in [-0.3, -0.25) is 9.59 Å². The summed E-state index contributed by atoms with van der Waals surface area (Å²) >= 11 is 0. The van der Waals surface area contributed by atoms with Gasteiger partial charge < -0.3 is 19.3 Å². The molecule has 0 spiro atoms. The molecule has 0 saturated carbocycles. The van der Waals surface area contributed by atoms with Crippen LogP contribution in [0.3, 0.4) is 0 Å². The molecule has 0 heterocycles. The molecule has 2 rings (SSSR count). The van der Waals surface area contributed by atoms with Gasteiger partial charge in [0.15, 0.2) is 0 Å². The second-order valence-corrected chi connectivity index (χ2v) is 10.4. The topological polar surface area (TPSA) is 82.1 Å². The third-order valence-electron chi connectivity index (χ3n) is 5.38. The summed E-state index contributed by atoms with van der Waals surface area (Å²) in [6.07, 6.45) is 1.47. The summed E-state index contributed by atoms with van der Waals surface area (Å²) in [7, 11) is 0. The Morgan fingerprint density at radius 3 is 1.29 bits per heavy atom. The Balaban J connectivity index is 0.000000350. The molecular formula is C28H40O6. The highest BCUT2D eigenvalue weighted by molar-refractivity contribution is 5.78. The lowest BCUT2D eigenvalue weighted by molar-refractivity contribution is -0.144. The molecule has 0 amide bonds. The number of rotatable bonds is 7. The van der Waals surface area contributed by atoms with Crippen LogP contribution in [0.2, 0.25) is 0 Å². The van der Waals surface area contributed by atoms with Gasteiger partial charge in [0.05, 0.1) is 10.8 Å². The number of ether oxygens (including phenoxy) is 3. The normalized spacial score (nSPS) is 11.7. The van der Waals surface area contributed by atoms with Gasteiger partial charge in [0.2, 0.25) is 0 Å². The van der Waals surface area contributed by atoms with E-state index in [2.05, 4.69) is 0 Å². The summed E-state index contributed by atoms with van der Waals surface area (Å²) < 4.78 is 16.2. The highest BCUT2D eigenvalue weighted by Crippen LogP contribution is 2.26. The van der Waals surface area contributed by atoms with Crippen molar-refractivity contribution in [3.63, 3.8) is 0 Å². The first-order valence-electron chi connectivity index (χ1n) is 11.6.